The molecule has 0 aliphatic carbocycles. The van der Waals surface area contributed by atoms with Gasteiger partial charge < -0.3 is 10.0 Å². The van der Waals surface area contributed by atoms with Crippen LogP contribution in [0, 0.1) is 13.8 Å². The number of hydrogen-bond acceptors (Lipinski definition) is 2. The molecule has 0 aromatic heterocycles. The van der Waals surface area contributed by atoms with Gasteiger partial charge in [0.2, 0.25) is 0 Å². The summed E-state index contributed by atoms with van der Waals surface area (Å²) in [6, 6.07) is 17.1. The van der Waals surface area contributed by atoms with Gasteiger partial charge in [0, 0.05) is 0 Å². The normalized spacial score (nSPS) is 9.18. The summed E-state index contributed by atoms with van der Waals surface area (Å²) in [5, 5.41) is 14.0. The van der Waals surface area contributed by atoms with Gasteiger partial charge in [-0.1, -0.05) is 59.7 Å². The van der Waals surface area contributed by atoms with E-state index in [0.717, 1.165) is 0 Å². The van der Waals surface area contributed by atoms with Crippen LogP contribution in [0.4, 0.5) is 0 Å². The Balaban J connectivity index is 0.000000437. The molecule has 0 heterocycles. The first-order chi connectivity index (χ1) is 8.17. The summed E-state index contributed by atoms with van der Waals surface area (Å²) in [7, 11) is 0. The molecule has 2 rings (SSSR count). The largest absolute Gasteiger partial charge is 0.482 e. The third-order valence-electron chi connectivity index (χ3n) is 2.33. The summed E-state index contributed by atoms with van der Waals surface area (Å²) in [5.41, 5.74) is 5.25. The van der Waals surface area contributed by atoms with Gasteiger partial charge in [0.15, 0.2) is 0 Å². The van der Waals surface area contributed by atoms with Gasteiger partial charge in [-0.2, -0.15) is 0 Å². The van der Waals surface area contributed by atoms with E-state index in [4.69, 9.17) is 10.0 Å². The van der Waals surface area contributed by atoms with Gasteiger partial charge in [0.05, 0.1) is 0 Å². The Hall–Kier alpha value is -1.58. The molecule has 0 unspecified atom stereocenters. The minimum absolute atomic E-state index is 0. The van der Waals surface area contributed by atoms with Crippen LogP contribution in [-0.4, -0.2) is 17.7 Å². The standard InChI is InChI=1S/C14H14.BH2O2/c1-11-8-12(2)10-14(9-11)13-6-4-3-5-7-13;2-1-3/h3-10H,1-2H3;2-3H. The van der Waals surface area contributed by atoms with Crippen LogP contribution in [-0.2, 0) is 0 Å². The Morgan fingerprint density at radius 2 is 1.24 bits per heavy atom. The van der Waals surface area contributed by atoms with Gasteiger partial charge in [0.1, 0.15) is 0 Å². The molecular weight excluding hydrogens is 211 g/mol. The minimum Gasteiger partial charge on any atom is -0.429 e. The van der Waals surface area contributed by atoms with E-state index in [-0.39, 0.29) is 7.69 Å². The lowest BCUT2D eigenvalue weighted by molar-refractivity contribution is 0.448. The molecule has 0 bridgehead atoms. The highest BCUT2D eigenvalue weighted by atomic mass is 16.4. The highest BCUT2D eigenvalue weighted by Crippen LogP contribution is 2.21. The summed E-state index contributed by atoms with van der Waals surface area (Å²) in [6.07, 6.45) is 0. The van der Waals surface area contributed by atoms with Gasteiger partial charge in [-0.05, 0) is 25.0 Å². The molecular formula is C14H16BO2. The monoisotopic (exact) mass is 227 g/mol. The van der Waals surface area contributed by atoms with E-state index in [1.54, 1.807) is 0 Å². The van der Waals surface area contributed by atoms with Crippen molar-refractivity contribution in [1.29, 1.82) is 0 Å². The van der Waals surface area contributed by atoms with E-state index in [9.17, 15) is 0 Å². The van der Waals surface area contributed by atoms with E-state index < -0.39 is 0 Å². The molecule has 2 nitrogen and oxygen atoms in total. The predicted molar refractivity (Wildman–Crippen MR) is 71.5 cm³/mol. The third kappa shape index (κ3) is 4.43. The van der Waals surface area contributed by atoms with Crippen molar-refractivity contribution in [2.24, 2.45) is 0 Å². The van der Waals surface area contributed by atoms with Gasteiger partial charge in [-0.15, -0.1) is 0 Å². The molecule has 0 atom stereocenters. The summed E-state index contributed by atoms with van der Waals surface area (Å²) in [5.74, 6) is 0. The molecule has 17 heavy (non-hydrogen) atoms. The number of rotatable bonds is 1. The van der Waals surface area contributed by atoms with Crippen molar-refractivity contribution in [2.45, 2.75) is 13.8 Å². The molecule has 1 radical (unpaired) electrons. The molecule has 2 N–H and O–H groups in total. The van der Waals surface area contributed by atoms with Gasteiger partial charge in [-0.3, -0.25) is 0 Å². The number of hydrogen-bond donors (Lipinski definition) is 2. The topological polar surface area (TPSA) is 40.5 Å². The van der Waals surface area contributed by atoms with Crippen molar-refractivity contribution in [3.8, 4) is 11.1 Å². The van der Waals surface area contributed by atoms with Crippen LogP contribution in [0.2, 0.25) is 0 Å². The molecule has 0 saturated carbocycles. The highest BCUT2D eigenvalue weighted by Gasteiger charge is 1.97. The van der Waals surface area contributed by atoms with E-state index >= 15 is 0 Å². The zero-order valence-corrected chi connectivity index (χ0v) is 10.1. The van der Waals surface area contributed by atoms with E-state index in [0.29, 0.717) is 0 Å². The fourth-order valence-corrected chi connectivity index (χ4v) is 1.77. The molecule has 0 aliphatic heterocycles. The average molecular weight is 227 g/mol. The fraction of sp³-hybridized carbons (Fsp3) is 0.143. The first kappa shape index (κ1) is 13.5. The Morgan fingerprint density at radius 1 is 0.765 bits per heavy atom. The smallest absolute Gasteiger partial charge is 0.429 e. The van der Waals surface area contributed by atoms with Crippen molar-refractivity contribution in [1.82, 2.24) is 0 Å². The van der Waals surface area contributed by atoms with Gasteiger partial charge >= 0.3 is 7.69 Å². The molecule has 3 heteroatoms. The Morgan fingerprint density at radius 3 is 1.71 bits per heavy atom. The lowest BCUT2D eigenvalue weighted by Crippen LogP contribution is -1.81. The van der Waals surface area contributed by atoms with Crippen molar-refractivity contribution >= 4 is 7.69 Å². The quantitative estimate of drug-likeness (QED) is 0.734. The van der Waals surface area contributed by atoms with E-state index in [1.807, 2.05) is 6.07 Å². The maximum absolute atomic E-state index is 7.00. The van der Waals surface area contributed by atoms with Crippen LogP contribution in [0.5, 0.6) is 0 Å². The van der Waals surface area contributed by atoms with Gasteiger partial charge in [-0.25, -0.2) is 0 Å². The summed E-state index contributed by atoms with van der Waals surface area (Å²) in [4.78, 5) is 0. The Bertz CT molecular complexity index is 435. The lowest BCUT2D eigenvalue weighted by atomic mass is 10.0. The Labute approximate surface area is 103 Å². The maximum Gasteiger partial charge on any atom is 0.482 e. The fourth-order valence-electron chi connectivity index (χ4n) is 1.77. The molecule has 0 amide bonds. The van der Waals surface area contributed by atoms with Crippen molar-refractivity contribution < 1.29 is 10.0 Å². The van der Waals surface area contributed by atoms with Crippen LogP contribution >= 0.6 is 0 Å². The summed E-state index contributed by atoms with van der Waals surface area (Å²) < 4.78 is 0. The van der Waals surface area contributed by atoms with Crippen LogP contribution in [0.3, 0.4) is 0 Å². The van der Waals surface area contributed by atoms with Crippen LogP contribution in [0.15, 0.2) is 48.5 Å². The van der Waals surface area contributed by atoms with Crippen LogP contribution in [0.1, 0.15) is 11.1 Å². The number of benzene rings is 2. The average Bonchev–Trinajstić information content (AvgIpc) is 2.30. The molecule has 0 saturated heterocycles. The molecule has 2 aromatic rings. The first-order valence-corrected chi connectivity index (χ1v) is 5.41. The maximum atomic E-state index is 7.00. The third-order valence-corrected chi connectivity index (χ3v) is 2.33. The second-order valence-electron chi connectivity index (χ2n) is 3.86. The van der Waals surface area contributed by atoms with Crippen molar-refractivity contribution in [2.75, 3.05) is 0 Å². The van der Waals surface area contributed by atoms with Crippen LogP contribution in [0.25, 0.3) is 11.1 Å². The number of aryl methyl sites for hydroxylation is 2. The van der Waals surface area contributed by atoms with Crippen molar-refractivity contribution in [3.05, 3.63) is 59.7 Å². The second kappa shape index (κ2) is 6.89. The van der Waals surface area contributed by atoms with Crippen LogP contribution < -0.4 is 0 Å². The Kier molecular flexibility index (Phi) is 5.47. The molecule has 2 aromatic carbocycles. The summed E-state index contributed by atoms with van der Waals surface area (Å²) in [6.45, 7) is 4.28. The van der Waals surface area contributed by atoms with E-state index in [2.05, 4.69) is 56.3 Å². The second-order valence-corrected chi connectivity index (χ2v) is 3.86. The molecule has 0 aliphatic rings. The molecule has 87 valence electrons. The minimum atomic E-state index is 0. The van der Waals surface area contributed by atoms with Crippen molar-refractivity contribution in [3.63, 3.8) is 0 Å². The first-order valence-electron chi connectivity index (χ1n) is 5.41. The predicted octanol–water partition coefficient (Wildman–Crippen LogP) is 2.48. The zero-order valence-electron chi connectivity index (χ0n) is 10.1. The highest BCUT2D eigenvalue weighted by molar-refractivity contribution is 6.13. The lowest BCUT2D eigenvalue weighted by Gasteiger charge is -2.04. The molecule has 0 spiro atoms. The summed E-state index contributed by atoms with van der Waals surface area (Å²) >= 11 is 0. The molecule has 0 fully saturated rings. The van der Waals surface area contributed by atoms with Gasteiger partial charge in [0.25, 0.3) is 0 Å². The SMILES string of the molecule is Cc1cc(C)cc(-c2ccccc2)c1.O[B]O. The zero-order chi connectivity index (χ0) is 12.7. The van der Waals surface area contributed by atoms with E-state index in [1.165, 1.54) is 22.3 Å².